The number of hydrogen-bond donors (Lipinski definition) is 1. The van der Waals surface area contributed by atoms with E-state index in [0.29, 0.717) is 5.69 Å². The highest BCUT2D eigenvalue weighted by Crippen LogP contribution is 2.33. The van der Waals surface area contributed by atoms with E-state index in [-0.39, 0.29) is 13.2 Å². The van der Waals surface area contributed by atoms with E-state index in [1.54, 1.807) is 38.2 Å². The lowest BCUT2D eigenvalue weighted by molar-refractivity contribution is -0.304. The van der Waals surface area contributed by atoms with Gasteiger partial charge >= 0.3 is 6.09 Å². The third-order valence-electron chi connectivity index (χ3n) is 2.73. The Balaban J connectivity index is 2.28. The van der Waals surface area contributed by atoms with Crippen LogP contribution < -0.4 is 5.73 Å². The molecule has 1 aromatic heterocycles. The minimum Gasteiger partial charge on any atom is -0.432 e. The Morgan fingerprint density at radius 1 is 1.39 bits per heavy atom. The van der Waals surface area contributed by atoms with Gasteiger partial charge in [-0.2, -0.15) is 0 Å². The number of rotatable bonds is 2. The van der Waals surface area contributed by atoms with Gasteiger partial charge in [0.25, 0.3) is 0 Å². The van der Waals surface area contributed by atoms with Crippen molar-refractivity contribution in [1.82, 2.24) is 4.98 Å². The van der Waals surface area contributed by atoms with Crippen LogP contribution >= 0.6 is 0 Å². The van der Waals surface area contributed by atoms with Crippen molar-refractivity contribution >= 4 is 6.09 Å². The van der Waals surface area contributed by atoms with E-state index in [9.17, 15) is 4.79 Å². The predicted octanol–water partition coefficient (Wildman–Crippen LogP) is 1.16. The SMILES string of the molecule is CC1(C)OCC(OC(N)=O)(c2ccccn2)CO1. The average molecular weight is 252 g/mol. The lowest BCUT2D eigenvalue weighted by atomic mass is 9.99. The average Bonchev–Trinajstić information content (AvgIpc) is 2.33. The smallest absolute Gasteiger partial charge is 0.405 e. The molecular weight excluding hydrogens is 236 g/mol. The summed E-state index contributed by atoms with van der Waals surface area (Å²) >= 11 is 0. The number of hydrogen-bond acceptors (Lipinski definition) is 5. The van der Waals surface area contributed by atoms with E-state index in [0.717, 1.165) is 0 Å². The van der Waals surface area contributed by atoms with Gasteiger partial charge in [-0.15, -0.1) is 0 Å². The molecule has 0 spiro atoms. The molecule has 6 heteroatoms. The van der Waals surface area contributed by atoms with E-state index in [4.69, 9.17) is 19.9 Å². The molecule has 0 aromatic carbocycles. The van der Waals surface area contributed by atoms with E-state index in [1.807, 2.05) is 0 Å². The molecule has 1 amide bonds. The van der Waals surface area contributed by atoms with Crippen molar-refractivity contribution in [3.8, 4) is 0 Å². The van der Waals surface area contributed by atoms with Gasteiger partial charge in [0.1, 0.15) is 0 Å². The van der Waals surface area contributed by atoms with Crippen LogP contribution in [0.25, 0.3) is 0 Å². The van der Waals surface area contributed by atoms with E-state index in [1.165, 1.54) is 0 Å². The number of nitrogens with zero attached hydrogens (tertiary/aromatic N) is 1. The minimum atomic E-state index is -1.08. The molecule has 1 aromatic rings. The van der Waals surface area contributed by atoms with Gasteiger partial charge < -0.3 is 19.9 Å². The lowest BCUT2D eigenvalue weighted by Crippen LogP contribution is -2.52. The largest absolute Gasteiger partial charge is 0.432 e. The molecule has 2 rings (SSSR count). The summed E-state index contributed by atoms with van der Waals surface area (Å²) in [4.78, 5) is 15.3. The zero-order chi connectivity index (χ0) is 13.2. The van der Waals surface area contributed by atoms with Crippen molar-refractivity contribution in [3.05, 3.63) is 30.1 Å². The summed E-state index contributed by atoms with van der Waals surface area (Å²) in [6.07, 6.45) is 0.730. The van der Waals surface area contributed by atoms with Crippen LogP contribution in [-0.4, -0.2) is 30.1 Å². The summed E-state index contributed by atoms with van der Waals surface area (Å²) in [5, 5.41) is 0. The van der Waals surface area contributed by atoms with E-state index >= 15 is 0 Å². The Morgan fingerprint density at radius 3 is 2.56 bits per heavy atom. The maximum atomic E-state index is 11.1. The molecule has 0 saturated carbocycles. The maximum absolute atomic E-state index is 11.1. The summed E-state index contributed by atoms with van der Waals surface area (Å²) in [6, 6.07) is 5.32. The Labute approximate surface area is 105 Å². The number of aromatic nitrogens is 1. The van der Waals surface area contributed by atoms with Crippen molar-refractivity contribution < 1.29 is 19.0 Å². The summed E-state index contributed by atoms with van der Waals surface area (Å²) < 4.78 is 16.3. The van der Waals surface area contributed by atoms with Gasteiger partial charge in [0.15, 0.2) is 5.79 Å². The molecule has 18 heavy (non-hydrogen) atoms. The Morgan fingerprint density at radius 2 is 2.06 bits per heavy atom. The molecule has 0 unspecified atom stereocenters. The summed E-state index contributed by atoms with van der Waals surface area (Å²) in [5.74, 6) is -0.709. The first kappa shape index (κ1) is 12.8. The first-order valence-corrected chi connectivity index (χ1v) is 5.61. The molecule has 2 N–H and O–H groups in total. The van der Waals surface area contributed by atoms with Gasteiger partial charge in [-0.25, -0.2) is 4.79 Å². The monoisotopic (exact) mass is 252 g/mol. The van der Waals surface area contributed by atoms with Crippen LogP contribution in [0.2, 0.25) is 0 Å². The molecule has 6 nitrogen and oxygen atoms in total. The van der Waals surface area contributed by atoms with Gasteiger partial charge in [-0.05, 0) is 26.0 Å². The molecule has 0 bridgehead atoms. The van der Waals surface area contributed by atoms with E-state index < -0.39 is 17.5 Å². The zero-order valence-corrected chi connectivity index (χ0v) is 10.4. The third-order valence-corrected chi connectivity index (χ3v) is 2.73. The number of carbonyl (C=O) groups excluding carboxylic acids is 1. The van der Waals surface area contributed by atoms with E-state index in [2.05, 4.69) is 4.98 Å². The first-order chi connectivity index (χ1) is 8.44. The Kier molecular flexibility index (Phi) is 3.23. The number of primary amides is 1. The fourth-order valence-corrected chi connectivity index (χ4v) is 1.75. The molecule has 1 saturated heterocycles. The Bertz CT molecular complexity index is 423. The fourth-order valence-electron chi connectivity index (χ4n) is 1.75. The molecular formula is C12H16N2O4. The summed E-state index contributed by atoms with van der Waals surface area (Å²) in [5.41, 5.74) is 4.59. The van der Waals surface area contributed by atoms with Crippen LogP contribution in [0.4, 0.5) is 4.79 Å². The summed E-state index contributed by atoms with van der Waals surface area (Å²) in [7, 11) is 0. The highest BCUT2D eigenvalue weighted by atomic mass is 16.7. The van der Waals surface area contributed by atoms with Crippen molar-refractivity contribution in [3.63, 3.8) is 0 Å². The van der Waals surface area contributed by atoms with Gasteiger partial charge in [0.2, 0.25) is 5.60 Å². The molecule has 1 aliphatic heterocycles. The minimum absolute atomic E-state index is 0.153. The van der Waals surface area contributed by atoms with Crippen LogP contribution in [0.15, 0.2) is 24.4 Å². The molecule has 0 atom stereocenters. The second kappa shape index (κ2) is 4.55. The van der Waals surface area contributed by atoms with Crippen LogP contribution in [0, 0.1) is 0 Å². The van der Waals surface area contributed by atoms with Crippen LogP contribution in [0.5, 0.6) is 0 Å². The van der Waals surface area contributed by atoms with Crippen molar-refractivity contribution in [2.75, 3.05) is 13.2 Å². The van der Waals surface area contributed by atoms with Gasteiger partial charge in [-0.1, -0.05) is 6.07 Å². The number of ether oxygens (including phenoxy) is 3. The first-order valence-electron chi connectivity index (χ1n) is 5.61. The fraction of sp³-hybridized carbons (Fsp3) is 0.500. The van der Waals surface area contributed by atoms with Gasteiger partial charge in [0.05, 0.1) is 18.9 Å². The topological polar surface area (TPSA) is 83.7 Å². The van der Waals surface area contributed by atoms with Crippen LogP contribution in [0.3, 0.4) is 0 Å². The maximum Gasteiger partial charge on any atom is 0.405 e. The van der Waals surface area contributed by atoms with Crippen LogP contribution in [0.1, 0.15) is 19.5 Å². The molecule has 0 aliphatic carbocycles. The second-order valence-electron chi connectivity index (χ2n) is 4.61. The van der Waals surface area contributed by atoms with Gasteiger partial charge in [-0.3, -0.25) is 4.98 Å². The number of pyridine rings is 1. The molecule has 1 aliphatic rings. The number of carbonyl (C=O) groups is 1. The second-order valence-corrected chi connectivity index (χ2v) is 4.61. The molecule has 98 valence electrons. The Hall–Kier alpha value is -1.66. The zero-order valence-electron chi connectivity index (χ0n) is 10.4. The quantitative estimate of drug-likeness (QED) is 0.853. The number of amides is 1. The van der Waals surface area contributed by atoms with Crippen molar-refractivity contribution in [1.29, 1.82) is 0 Å². The van der Waals surface area contributed by atoms with Gasteiger partial charge in [0, 0.05) is 6.20 Å². The third kappa shape index (κ3) is 2.60. The lowest BCUT2D eigenvalue weighted by Gasteiger charge is -2.41. The van der Waals surface area contributed by atoms with Crippen molar-refractivity contribution in [2.24, 2.45) is 5.73 Å². The molecule has 2 heterocycles. The highest BCUT2D eigenvalue weighted by molar-refractivity contribution is 5.65. The number of nitrogens with two attached hydrogens (primary N) is 1. The van der Waals surface area contributed by atoms with Crippen LogP contribution in [-0.2, 0) is 19.8 Å². The molecule has 0 radical (unpaired) electrons. The van der Waals surface area contributed by atoms with Crippen molar-refractivity contribution in [2.45, 2.75) is 25.2 Å². The normalized spacial score (nSPS) is 21.2. The summed E-state index contributed by atoms with van der Waals surface area (Å²) in [6.45, 7) is 3.89. The predicted molar refractivity (Wildman–Crippen MR) is 62.6 cm³/mol. The standard InChI is InChI=1S/C12H16N2O4/c1-11(2)16-7-12(8-17-11,18-10(13)15)9-5-3-4-6-14-9/h3-6H,7-8H2,1-2H3,(H2,13,15). The highest BCUT2D eigenvalue weighted by Gasteiger charge is 2.45. The molecule has 1 fully saturated rings.